The molecule has 1 saturated carbocycles. The van der Waals surface area contributed by atoms with E-state index in [2.05, 4.69) is 20.8 Å². The van der Waals surface area contributed by atoms with Gasteiger partial charge in [-0.2, -0.15) is 0 Å². The third-order valence-electron chi connectivity index (χ3n) is 7.54. The zero-order chi connectivity index (χ0) is 27.7. The van der Waals surface area contributed by atoms with Crippen LogP contribution in [0.25, 0.3) is 0 Å². The molecule has 1 unspecified atom stereocenters. The van der Waals surface area contributed by atoms with Crippen LogP contribution in [0.2, 0.25) is 0 Å². The average Bonchev–Trinajstić information content (AvgIpc) is 2.87. The average molecular weight is 527 g/mol. The number of ether oxygens (including phenoxy) is 4. The number of nitrogen functional groups attached to an aromatic ring is 1. The maximum Gasteiger partial charge on any atom is 0.410 e. The summed E-state index contributed by atoms with van der Waals surface area (Å²) in [6, 6.07) is 13.2. The molecule has 0 aromatic heterocycles. The van der Waals surface area contributed by atoms with E-state index < -0.39 is 0 Å². The highest BCUT2D eigenvalue weighted by Gasteiger charge is 2.35. The van der Waals surface area contributed by atoms with E-state index in [1.54, 1.807) is 12.0 Å². The first-order chi connectivity index (χ1) is 18.2. The summed E-state index contributed by atoms with van der Waals surface area (Å²) in [6.45, 7) is 11.9. The molecule has 38 heavy (non-hydrogen) atoms. The quantitative estimate of drug-likeness (QED) is 0.314. The Bertz CT molecular complexity index is 1030. The molecule has 0 bridgehead atoms. The van der Waals surface area contributed by atoms with E-state index in [9.17, 15) is 4.79 Å². The fourth-order valence-corrected chi connectivity index (χ4v) is 5.40. The first-order valence-electron chi connectivity index (χ1n) is 14.0. The number of nitrogens with zero attached hydrogens (tertiary/aromatic N) is 1. The Labute approximate surface area is 228 Å². The lowest BCUT2D eigenvalue weighted by molar-refractivity contribution is -0.0160. The van der Waals surface area contributed by atoms with Crippen LogP contribution in [-0.2, 0) is 11.2 Å². The van der Waals surface area contributed by atoms with Crippen molar-refractivity contribution >= 4 is 11.8 Å². The minimum atomic E-state index is -0.287. The monoisotopic (exact) mass is 526 g/mol. The summed E-state index contributed by atoms with van der Waals surface area (Å²) >= 11 is 0. The van der Waals surface area contributed by atoms with Gasteiger partial charge in [-0.1, -0.05) is 45.4 Å². The SMILES string of the molecule is CCOc1ccccc1OCCN(C(=O)OC1C[C@H](C)CC[C@H]1C(C)C)[C@@H](C)Cc1ccc(OC)c(N)c1. The van der Waals surface area contributed by atoms with Crippen molar-refractivity contribution in [1.82, 2.24) is 4.90 Å². The zero-order valence-corrected chi connectivity index (χ0v) is 23.9. The van der Waals surface area contributed by atoms with Gasteiger partial charge in [-0.05, 0) is 80.7 Å². The van der Waals surface area contributed by atoms with Crippen LogP contribution in [0.5, 0.6) is 17.2 Å². The van der Waals surface area contributed by atoms with Gasteiger partial charge in [-0.25, -0.2) is 4.79 Å². The minimum absolute atomic E-state index is 0.0721. The van der Waals surface area contributed by atoms with Crippen LogP contribution in [0.1, 0.15) is 59.4 Å². The third kappa shape index (κ3) is 7.95. The Morgan fingerprint density at radius 1 is 1.05 bits per heavy atom. The second kappa shape index (κ2) is 14.2. The van der Waals surface area contributed by atoms with Gasteiger partial charge in [0.2, 0.25) is 0 Å². The van der Waals surface area contributed by atoms with Gasteiger partial charge >= 0.3 is 6.09 Å². The summed E-state index contributed by atoms with van der Waals surface area (Å²) < 4.78 is 23.3. The van der Waals surface area contributed by atoms with Crippen LogP contribution in [0, 0.1) is 17.8 Å². The topological polar surface area (TPSA) is 83.2 Å². The number of carbonyl (C=O) groups excluding carboxylic acids is 1. The maximum atomic E-state index is 13.7. The van der Waals surface area contributed by atoms with Crippen LogP contribution in [0.15, 0.2) is 42.5 Å². The molecule has 1 aliphatic carbocycles. The van der Waals surface area contributed by atoms with Crippen molar-refractivity contribution in [2.24, 2.45) is 17.8 Å². The maximum absolute atomic E-state index is 13.7. The third-order valence-corrected chi connectivity index (χ3v) is 7.54. The van der Waals surface area contributed by atoms with Crippen molar-refractivity contribution in [3.8, 4) is 17.2 Å². The van der Waals surface area contributed by atoms with E-state index in [0.717, 1.165) is 18.4 Å². The first kappa shape index (κ1) is 29.5. The molecule has 7 heteroatoms. The van der Waals surface area contributed by atoms with E-state index in [1.807, 2.05) is 56.3 Å². The van der Waals surface area contributed by atoms with Crippen LogP contribution in [0.4, 0.5) is 10.5 Å². The number of rotatable bonds is 12. The number of methoxy groups -OCH3 is 1. The van der Waals surface area contributed by atoms with Crippen LogP contribution in [0.3, 0.4) is 0 Å². The van der Waals surface area contributed by atoms with E-state index in [4.69, 9.17) is 24.7 Å². The standard InChI is InChI=1S/C31H46N2O5/c1-7-36-28-10-8-9-11-29(28)37-17-16-33(23(5)19-24-13-15-27(35-6)26(32)20-24)31(34)38-30-18-22(4)12-14-25(30)21(2)3/h8-11,13,15,20-23,25,30H,7,12,14,16-19,32H2,1-6H3/t22-,23+,25+,30?/m1/s1. The Morgan fingerprint density at radius 2 is 1.76 bits per heavy atom. The van der Waals surface area contributed by atoms with Crippen LogP contribution >= 0.6 is 0 Å². The smallest absolute Gasteiger partial charge is 0.410 e. The molecular formula is C31H46N2O5. The van der Waals surface area contributed by atoms with E-state index in [0.29, 0.717) is 66.9 Å². The lowest BCUT2D eigenvalue weighted by atomic mass is 9.75. The van der Waals surface area contributed by atoms with Gasteiger partial charge in [-0.3, -0.25) is 0 Å². The highest BCUT2D eigenvalue weighted by atomic mass is 16.6. The molecule has 0 heterocycles. The molecule has 3 rings (SSSR count). The molecule has 0 saturated heterocycles. The van der Waals surface area contributed by atoms with Crippen molar-refractivity contribution in [1.29, 1.82) is 0 Å². The van der Waals surface area contributed by atoms with Crippen molar-refractivity contribution in [2.75, 3.05) is 32.6 Å². The Hall–Kier alpha value is -3.09. The largest absolute Gasteiger partial charge is 0.495 e. The summed E-state index contributed by atoms with van der Waals surface area (Å²) in [5.74, 6) is 3.40. The summed E-state index contributed by atoms with van der Waals surface area (Å²) in [5, 5.41) is 0. The van der Waals surface area contributed by atoms with Crippen LogP contribution < -0.4 is 19.9 Å². The first-order valence-corrected chi connectivity index (χ1v) is 14.0. The predicted octanol–water partition coefficient (Wildman–Crippen LogP) is 6.59. The summed E-state index contributed by atoms with van der Waals surface area (Å²) in [5.41, 5.74) is 7.76. The second-order valence-corrected chi connectivity index (χ2v) is 10.8. The number of nitrogens with two attached hydrogens (primary N) is 1. The summed E-state index contributed by atoms with van der Waals surface area (Å²) in [6.07, 6.45) is 3.46. The second-order valence-electron chi connectivity index (χ2n) is 10.8. The number of para-hydroxylation sites is 2. The molecule has 4 atom stereocenters. The van der Waals surface area contributed by atoms with Gasteiger partial charge in [0.1, 0.15) is 18.5 Å². The van der Waals surface area contributed by atoms with Gasteiger partial charge < -0.3 is 29.6 Å². The van der Waals surface area contributed by atoms with E-state index in [-0.39, 0.29) is 18.2 Å². The van der Waals surface area contributed by atoms with Gasteiger partial charge in [0, 0.05) is 6.04 Å². The number of amides is 1. The fraction of sp³-hybridized carbons (Fsp3) is 0.581. The van der Waals surface area contributed by atoms with Gasteiger partial charge in [0.05, 0.1) is 25.9 Å². The van der Waals surface area contributed by atoms with Crippen LogP contribution in [-0.4, -0.2) is 50.0 Å². The molecule has 210 valence electrons. The molecule has 2 N–H and O–H groups in total. The minimum Gasteiger partial charge on any atom is -0.495 e. The number of benzene rings is 2. The van der Waals surface area contributed by atoms with Gasteiger partial charge in [0.15, 0.2) is 11.5 Å². The van der Waals surface area contributed by atoms with E-state index in [1.165, 1.54) is 6.42 Å². The molecule has 0 aliphatic heterocycles. The summed E-state index contributed by atoms with van der Waals surface area (Å²) in [4.78, 5) is 15.5. The van der Waals surface area contributed by atoms with Crippen molar-refractivity contribution in [3.05, 3.63) is 48.0 Å². The van der Waals surface area contributed by atoms with E-state index >= 15 is 0 Å². The lowest BCUT2D eigenvalue weighted by Crippen LogP contribution is -2.46. The number of hydrogen-bond acceptors (Lipinski definition) is 6. The molecular weight excluding hydrogens is 480 g/mol. The van der Waals surface area contributed by atoms with Crippen molar-refractivity contribution in [3.63, 3.8) is 0 Å². The molecule has 0 spiro atoms. The Kier molecular flexibility index (Phi) is 11.0. The summed E-state index contributed by atoms with van der Waals surface area (Å²) in [7, 11) is 1.60. The van der Waals surface area contributed by atoms with Crippen molar-refractivity contribution < 1.29 is 23.7 Å². The van der Waals surface area contributed by atoms with Gasteiger partial charge in [-0.15, -0.1) is 0 Å². The normalized spacial score (nSPS) is 20.0. The highest BCUT2D eigenvalue weighted by molar-refractivity contribution is 5.68. The highest BCUT2D eigenvalue weighted by Crippen LogP contribution is 2.36. The molecule has 1 aliphatic rings. The Balaban J connectivity index is 1.75. The molecule has 1 amide bonds. The molecule has 2 aromatic rings. The number of carbonyl (C=O) groups is 1. The number of hydrogen-bond donors (Lipinski definition) is 1. The number of anilines is 1. The molecule has 7 nitrogen and oxygen atoms in total. The molecule has 1 fully saturated rings. The Morgan fingerprint density at radius 3 is 2.39 bits per heavy atom. The zero-order valence-electron chi connectivity index (χ0n) is 23.9. The molecule has 2 aromatic carbocycles. The van der Waals surface area contributed by atoms with Crippen molar-refractivity contribution in [2.45, 2.75) is 72.4 Å². The fourth-order valence-electron chi connectivity index (χ4n) is 5.40. The molecule has 0 radical (unpaired) electrons. The lowest BCUT2D eigenvalue weighted by Gasteiger charge is -2.38. The van der Waals surface area contributed by atoms with Gasteiger partial charge in [0.25, 0.3) is 0 Å². The predicted molar refractivity (Wildman–Crippen MR) is 152 cm³/mol.